The largest absolute Gasteiger partial charge is 0.494 e. The van der Waals surface area contributed by atoms with Gasteiger partial charge in [-0.15, -0.1) is 0 Å². The SMILES string of the molecule is CCCCCOc1ccc(C(COC)COC)cc1. The van der Waals surface area contributed by atoms with Gasteiger partial charge in [0.05, 0.1) is 19.8 Å². The molecule has 0 amide bonds. The lowest BCUT2D eigenvalue weighted by Gasteiger charge is -2.16. The van der Waals surface area contributed by atoms with Gasteiger partial charge in [-0.1, -0.05) is 31.9 Å². The number of benzene rings is 1. The predicted octanol–water partition coefficient (Wildman–Crippen LogP) is 3.63. The van der Waals surface area contributed by atoms with Crippen LogP contribution in [0.3, 0.4) is 0 Å². The third-order valence-electron chi connectivity index (χ3n) is 3.10. The lowest BCUT2D eigenvalue weighted by Crippen LogP contribution is -2.12. The van der Waals surface area contributed by atoms with Gasteiger partial charge in [-0.2, -0.15) is 0 Å². The third kappa shape index (κ3) is 6.08. The van der Waals surface area contributed by atoms with Gasteiger partial charge >= 0.3 is 0 Å². The number of hydrogen-bond acceptors (Lipinski definition) is 3. The van der Waals surface area contributed by atoms with Crippen molar-refractivity contribution in [3.8, 4) is 5.75 Å². The van der Waals surface area contributed by atoms with Crippen LogP contribution in [0.15, 0.2) is 24.3 Å². The van der Waals surface area contributed by atoms with Gasteiger partial charge in [-0.25, -0.2) is 0 Å². The van der Waals surface area contributed by atoms with E-state index in [0.29, 0.717) is 13.2 Å². The minimum Gasteiger partial charge on any atom is -0.494 e. The van der Waals surface area contributed by atoms with Crippen LogP contribution in [-0.4, -0.2) is 34.0 Å². The van der Waals surface area contributed by atoms with Crippen LogP contribution in [0, 0.1) is 0 Å². The Morgan fingerprint density at radius 1 is 0.947 bits per heavy atom. The van der Waals surface area contributed by atoms with Gasteiger partial charge in [0.2, 0.25) is 0 Å². The van der Waals surface area contributed by atoms with Gasteiger partial charge in [0.1, 0.15) is 5.75 Å². The predicted molar refractivity (Wildman–Crippen MR) is 78.0 cm³/mol. The number of methoxy groups -OCH3 is 2. The summed E-state index contributed by atoms with van der Waals surface area (Å²) in [7, 11) is 3.43. The molecule has 0 heterocycles. The number of unbranched alkanes of at least 4 members (excludes halogenated alkanes) is 2. The molecule has 0 radical (unpaired) electrons. The Morgan fingerprint density at radius 2 is 1.58 bits per heavy atom. The Labute approximate surface area is 116 Å². The molecule has 0 N–H and O–H groups in total. The Morgan fingerprint density at radius 3 is 2.11 bits per heavy atom. The maximum atomic E-state index is 5.70. The molecule has 0 aliphatic heterocycles. The van der Waals surface area contributed by atoms with E-state index in [0.717, 1.165) is 18.8 Å². The molecule has 0 unspecified atom stereocenters. The van der Waals surface area contributed by atoms with Crippen molar-refractivity contribution in [3.63, 3.8) is 0 Å². The Hall–Kier alpha value is -1.06. The highest BCUT2D eigenvalue weighted by Gasteiger charge is 2.11. The van der Waals surface area contributed by atoms with Crippen LogP contribution in [0.5, 0.6) is 5.75 Å². The lowest BCUT2D eigenvalue weighted by molar-refractivity contribution is 0.117. The summed E-state index contributed by atoms with van der Waals surface area (Å²) in [6.07, 6.45) is 3.56. The molecular formula is C16H26O3. The van der Waals surface area contributed by atoms with Crippen LogP contribution < -0.4 is 4.74 Å². The van der Waals surface area contributed by atoms with Crippen LogP contribution in [0.2, 0.25) is 0 Å². The van der Waals surface area contributed by atoms with Crippen molar-refractivity contribution in [2.45, 2.75) is 32.1 Å². The quantitative estimate of drug-likeness (QED) is 0.605. The van der Waals surface area contributed by atoms with E-state index >= 15 is 0 Å². The Balaban J connectivity index is 2.49. The van der Waals surface area contributed by atoms with Crippen LogP contribution in [0.4, 0.5) is 0 Å². The first-order valence-corrected chi connectivity index (χ1v) is 7.02. The second-order valence-electron chi connectivity index (χ2n) is 4.73. The highest BCUT2D eigenvalue weighted by Crippen LogP contribution is 2.20. The normalized spacial score (nSPS) is 10.9. The van der Waals surface area contributed by atoms with Crippen molar-refractivity contribution in [3.05, 3.63) is 29.8 Å². The third-order valence-corrected chi connectivity index (χ3v) is 3.10. The molecule has 0 aliphatic carbocycles. The molecule has 3 nitrogen and oxygen atoms in total. The van der Waals surface area contributed by atoms with Crippen LogP contribution in [-0.2, 0) is 9.47 Å². The molecule has 1 aromatic carbocycles. The number of hydrogen-bond donors (Lipinski definition) is 0. The van der Waals surface area contributed by atoms with E-state index in [9.17, 15) is 0 Å². The van der Waals surface area contributed by atoms with Crippen molar-refractivity contribution >= 4 is 0 Å². The minimum atomic E-state index is 0.282. The molecule has 3 heteroatoms. The van der Waals surface area contributed by atoms with E-state index in [1.807, 2.05) is 12.1 Å². The smallest absolute Gasteiger partial charge is 0.119 e. The molecule has 0 spiro atoms. The minimum absolute atomic E-state index is 0.282. The maximum absolute atomic E-state index is 5.70. The number of ether oxygens (including phenoxy) is 3. The van der Waals surface area contributed by atoms with Gasteiger partial charge in [-0.05, 0) is 24.1 Å². The van der Waals surface area contributed by atoms with Crippen molar-refractivity contribution < 1.29 is 14.2 Å². The van der Waals surface area contributed by atoms with E-state index in [4.69, 9.17) is 14.2 Å². The van der Waals surface area contributed by atoms with Gasteiger partial charge in [0.15, 0.2) is 0 Å². The summed E-state index contributed by atoms with van der Waals surface area (Å²) in [4.78, 5) is 0. The van der Waals surface area contributed by atoms with Crippen molar-refractivity contribution in [2.24, 2.45) is 0 Å². The molecule has 19 heavy (non-hydrogen) atoms. The molecular weight excluding hydrogens is 240 g/mol. The van der Waals surface area contributed by atoms with Gasteiger partial charge in [-0.3, -0.25) is 0 Å². The summed E-state index contributed by atoms with van der Waals surface area (Å²) in [5.74, 6) is 1.22. The summed E-state index contributed by atoms with van der Waals surface area (Å²) < 4.78 is 16.1. The van der Waals surface area contributed by atoms with Crippen LogP contribution >= 0.6 is 0 Å². The van der Waals surface area contributed by atoms with Crippen molar-refractivity contribution in [1.82, 2.24) is 0 Å². The fraction of sp³-hybridized carbons (Fsp3) is 0.625. The maximum Gasteiger partial charge on any atom is 0.119 e. The summed E-state index contributed by atoms with van der Waals surface area (Å²) in [5, 5.41) is 0. The molecule has 0 aromatic heterocycles. The molecule has 1 rings (SSSR count). The van der Waals surface area contributed by atoms with E-state index in [-0.39, 0.29) is 5.92 Å². The average Bonchev–Trinajstić information content (AvgIpc) is 2.44. The van der Waals surface area contributed by atoms with Crippen LogP contribution in [0.25, 0.3) is 0 Å². The molecule has 0 fully saturated rings. The van der Waals surface area contributed by atoms with Crippen molar-refractivity contribution in [2.75, 3.05) is 34.0 Å². The fourth-order valence-corrected chi connectivity index (χ4v) is 2.02. The van der Waals surface area contributed by atoms with Gasteiger partial charge in [0.25, 0.3) is 0 Å². The zero-order chi connectivity index (χ0) is 13.9. The first-order valence-electron chi connectivity index (χ1n) is 7.02. The molecule has 0 atom stereocenters. The zero-order valence-corrected chi connectivity index (χ0v) is 12.4. The average molecular weight is 266 g/mol. The molecule has 0 saturated carbocycles. The Kier molecular flexibility index (Phi) is 8.26. The van der Waals surface area contributed by atoms with E-state index < -0.39 is 0 Å². The van der Waals surface area contributed by atoms with E-state index in [1.54, 1.807) is 14.2 Å². The number of rotatable bonds is 10. The molecule has 108 valence electrons. The summed E-state index contributed by atoms with van der Waals surface area (Å²) in [5.41, 5.74) is 1.23. The van der Waals surface area contributed by atoms with Gasteiger partial charge < -0.3 is 14.2 Å². The Bertz CT molecular complexity index is 315. The summed E-state index contributed by atoms with van der Waals surface area (Å²) >= 11 is 0. The zero-order valence-electron chi connectivity index (χ0n) is 12.4. The first-order chi connectivity index (χ1) is 9.31. The second kappa shape index (κ2) is 9.82. The topological polar surface area (TPSA) is 27.7 Å². The molecule has 0 bridgehead atoms. The summed E-state index contributed by atoms with van der Waals surface area (Å²) in [6.45, 7) is 4.34. The highest BCUT2D eigenvalue weighted by molar-refractivity contribution is 5.29. The van der Waals surface area contributed by atoms with E-state index in [2.05, 4.69) is 19.1 Å². The van der Waals surface area contributed by atoms with Crippen molar-refractivity contribution in [1.29, 1.82) is 0 Å². The molecule has 1 aromatic rings. The monoisotopic (exact) mass is 266 g/mol. The van der Waals surface area contributed by atoms with Crippen LogP contribution in [0.1, 0.15) is 37.7 Å². The molecule has 0 saturated heterocycles. The fourth-order valence-electron chi connectivity index (χ4n) is 2.02. The first kappa shape index (κ1) is 16.0. The summed E-state index contributed by atoms with van der Waals surface area (Å²) in [6, 6.07) is 8.24. The molecule has 0 aliphatic rings. The lowest BCUT2D eigenvalue weighted by atomic mass is 10.0. The highest BCUT2D eigenvalue weighted by atomic mass is 16.5. The van der Waals surface area contributed by atoms with E-state index in [1.165, 1.54) is 18.4 Å². The van der Waals surface area contributed by atoms with Gasteiger partial charge in [0, 0.05) is 20.1 Å². The second-order valence-corrected chi connectivity index (χ2v) is 4.73. The standard InChI is InChI=1S/C16H26O3/c1-4-5-6-11-19-16-9-7-14(8-10-16)15(12-17-2)13-18-3/h7-10,15H,4-6,11-13H2,1-3H3.